The number of phenols is 1. The molecule has 0 bridgehead atoms. The molecule has 1 saturated carbocycles. The predicted molar refractivity (Wildman–Crippen MR) is 72.6 cm³/mol. The van der Waals surface area contributed by atoms with Crippen molar-refractivity contribution in [3.63, 3.8) is 0 Å². The van der Waals surface area contributed by atoms with Gasteiger partial charge in [-0.2, -0.15) is 0 Å². The lowest BCUT2D eigenvalue weighted by Crippen LogP contribution is -2.31. The second-order valence-corrected chi connectivity index (χ2v) is 5.98. The molecule has 0 saturated heterocycles. The summed E-state index contributed by atoms with van der Waals surface area (Å²) in [6.07, 6.45) is 3.80. The molecule has 0 heterocycles. The van der Waals surface area contributed by atoms with Crippen LogP contribution in [-0.4, -0.2) is 11.1 Å². The predicted octanol–water partition coefficient (Wildman–Crippen LogP) is 4.00. The van der Waals surface area contributed by atoms with Gasteiger partial charge in [0.2, 0.25) is 0 Å². The van der Waals surface area contributed by atoms with Crippen molar-refractivity contribution in [1.82, 2.24) is 0 Å². The number of aromatic hydroxyl groups is 1. The number of nitrogens with one attached hydrogen (secondary N) is 1. The largest absolute Gasteiger partial charge is 0.507 e. The lowest BCUT2D eigenvalue weighted by molar-refractivity contribution is 0.349. The first-order chi connectivity index (χ1) is 7.92. The highest BCUT2D eigenvalue weighted by molar-refractivity contribution is 5.59. The topological polar surface area (TPSA) is 32.3 Å². The minimum Gasteiger partial charge on any atom is -0.507 e. The van der Waals surface area contributed by atoms with Gasteiger partial charge in [0.05, 0.1) is 0 Å². The molecule has 0 amide bonds. The zero-order valence-corrected chi connectivity index (χ0v) is 11.3. The molecule has 1 aliphatic rings. The van der Waals surface area contributed by atoms with Gasteiger partial charge in [-0.3, -0.25) is 0 Å². The Morgan fingerprint density at radius 3 is 2.59 bits per heavy atom. The van der Waals surface area contributed by atoms with Crippen molar-refractivity contribution in [2.45, 2.75) is 53.0 Å². The highest BCUT2D eigenvalue weighted by Gasteiger charge is 2.34. The van der Waals surface area contributed by atoms with Crippen LogP contribution in [0.15, 0.2) is 12.1 Å². The van der Waals surface area contributed by atoms with Crippen LogP contribution in [0.2, 0.25) is 0 Å². The molecule has 17 heavy (non-hydrogen) atoms. The Kier molecular flexibility index (Phi) is 3.07. The van der Waals surface area contributed by atoms with Gasteiger partial charge in [0.15, 0.2) is 0 Å². The van der Waals surface area contributed by atoms with Crippen LogP contribution < -0.4 is 5.32 Å². The first-order valence-electron chi connectivity index (χ1n) is 6.47. The van der Waals surface area contributed by atoms with Crippen LogP contribution in [0.3, 0.4) is 0 Å². The van der Waals surface area contributed by atoms with Crippen molar-refractivity contribution in [3.05, 3.63) is 23.3 Å². The monoisotopic (exact) mass is 233 g/mol. The molecule has 0 aromatic heterocycles. The summed E-state index contributed by atoms with van der Waals surface area (Å²) in [6.45, 7) is 8.56. The second-order valence-electron chi connectivity index (χ2n) is 5.98. The van der Waals surface area contributed by atoms with E-state index in [1.54, 1.807) is 0 Å². The van der Waals surface area contributed by atoms with Gasteiger partial charge >= 0.3 is 0 Å². The number of phenolic OH excluding ortho intramolecular Hbond substituents is 1. The zero-order chi connectivity index (χ0) is 12.6. The Morgan fingerprint density at radius 2 is 2.00 bits per heavy atom. The second kappa shape index (κ2) is 4.25. The van der Waals surface area contributed by atoms with Crippen LogP contribution in [0.5, 0.6) is 5.75 Å². The molecule has 2 N–H and O–H groups in total. The van der Waals surface area contributed by atoms with E-state index >= 15 is 0 Å². The van der Waals surface area contributed by atoms with Gasteiger partial charge in [-0.15, -0.1) is 0 Å². The molecule has 2 nitrogen and oxygen atoms in total. The summed E-state index contributed by atoms with van der Waals surface area (Å²) in [4.78, 5) is 0. The van der Waals surface area contributed by atoms with Crippen molar-refractivity contribution in [2.75, 3.05) is 5.32 Å². The summed E-state index contributed by atoms with van der Waals surface area (Å²) in [6, 6.07) is 4.58. The van der Waals surface area contributed by atoms with Crippen molar-refractivity contribution >= 4 is 5.69 Å². The number of hydrogen-bond donors (Lipinski definition) is 2. The van der Waals surface area contributed by atoms with E-state index in [2.05, 4.69) is 25.2 Å². The Labute approximate surface area is 104 Å². The third kappa shape index (κ3) is 2.26. The van der Waals surface area contributed by atoms with E-state index in [4.69, 9.17) is 0 Å². The van der Waals surface area contributed by atoms with Crippen molar-refractivity contribution in [3.8, 4) is 5.75 Å². The van der Waals surface area contributed by atoms with Crippen LogP contribution in [-0.2, 0) is 0 Å². The maximum absolute atomic E-state index is 9.95. The molecule has 0 radical (unpaired) electrons. The Bertz CT molecular complexity index is 423. The maximum Gasteiger partial charge on any atom is 0.123 e. The number of benzene rings is 1. The Morgan fingerprint density at radius 1 is 1.29 bits per heavy atom. The van der Waals surface area contributed by atoms with Crippen LogP contribution in [0.1, 0.15) is 44.2 Å². The highest BCUT2D eigenvalue weighted by Crippen LogP contribution is 2.40. The molecule has 1 atom stereocenters. The first-order valence-corrected chi connectivity index (χ1v) is 6.47. The van der Waals surface area contributed by atoms with E-state index in [9.17, 15) is 5.11 Å². The van der Waals surface area contributed by atoms with Gasteiger partial charge < -0.3 is 10.4 Å². The van der Waals surface area contributed by atoms with E-state index < -0.39 is 0 Å². The van der Waals surface area contributed by atoms with Gasteiger partial charge in [0.25, 0.3) is 0 Å². The molecular formula is C15H23NO. The summed E-state index contributed by atoms with van der Waals surface area (Å²) in [5.41, 5.74) is 3.34. The lowest BCUT2D eigenvalue weighted by atomic mass is 9.87. The average molecular weight is 233 g/mol. The number of anilines is 1. The van der Waals surface area contributed by atoms with Crippen LogP contribution in [0.4, 0.5) is 5.69 Å². The molecule has 0 spiro atoms. The normalized spacial score (nSPS) is 22.7. The summed E-state index contributed by atoms with van der Waals surface area (Å²) < 4.78 is 0. The fourth-order valence-corrected chi connectivity index (χ4v) is 2.77. The minimum absolute atomic E-state index is 0.354. The quantitative estimate of drug-likeness (QED) is 0.809. The van der Waals surface area contributed by atoms with Gasteiger partial charge in [-0.1, -0.05) is 26.3 Å². The SMILES string of the molecule is Cc1ccc(NC2CCCC2(C)C)c(C)c1O. The van der Waals surface area contributed by atoms with E-state index in [0.29, 0.717) is 17.2 Å². The van der Waals surface area contributed by atoms with Gasteiger partial charge in [-0.05, 0) is 43.7 Å². The van der Waals surface area contributed by atoms with Gasteiger partial charge in [-0.25, -0.2) is 0 Å². The summed E-state index contributed by atoms with van der Waals surface area (Å²) >= 11 is 0. The molecule has 1 aliphatic carbocycles. The fraction of sp³-hybridized carbons (Fsp3) is 0.600. The van der Waals surface area contributed by atoms with E-state index in [1.165, 1.54) is 19.3 Å². The third-order valence-electron chi connectivity index (χ3n) is 4.22. The summed E-state index contributed by atoms with van der Waals surface area (Å²) in [5, 5.41) is 13.6. The molecule has 1 aromatic carbocycles. The zero-order valence-electron chi connectivity index (χ0n) is 11.3. The summed E-state index contributed by atoms with van der Waals surface area (Å²) in [7, 11) is 0. The Balaban J connectivity index is 2.22. The molecule has 94 valence electrons. The molecule has 0 aliphatic heterocycles. The number of hydrogen-bond acceptors (Lipinski definition) is 2. The van der Waals surface area contributed by atoms with Crippen LogP contribution >= 0.6 is 0 Å². The van der Waals surface area contributed by atoms with E-state index in [-0.39, 0.29) is 0 Å². The van der Waals surface area contributed by atoms with Gasteiger partial charge in [0.1, 0.15) is 5.75 Å². The van der Waals surface area contributed by atoms with Crippen molar-refractivity contribution in [1.29, 1.82) is 0 Å². The van der Waals surface area contributed by atoms with Crippen LogP contribution in [0.25, 0.3) is 0 Å². The molecular weight excluding hydrogens is 210 g/mol. The third-order valence-corrected chi connectivity index (χ3v) is 4.22. The van der Waals surface area contributed by atoms with E-state index in [0.717, 1.165) is 16.8 Å². The standard InChI is InChI=1S/C15H23NO/c1-10-7-8-12(11(2)14(10)17)16-13-6-5-9-15(13,3)4/h7-8,13,16-17H,5-6,9H2,1-4H3. The maximum atomic E-state index is 9.95. The number of rotatable bonds is 2. The van der Waals surface area contributed by atoms with Gasteiger partial charge in [0, 0.05) is 17.3 Å². The molecule has 2 heteroatoms. The molecule has 2 rings (SSSR count). The lowest BCUT2D eigenvalue weighted by Gasteiger charge is -2.29. The van der Waals surface area contributed by atoms with E-state index in [1.807, 2.05) is 19.9 Å². The Hall–Kier alpha value is -1.18. The number of aryl methyl sites for hydroxylation is 1. The fourth-order valence-electron chi connectivity index (χ4n) is 2.77. The minimum atomic E-state index is 0.354. The smallest absolute Gasteiger partial charge is 0.123 e. The highest BCUT2D eigenvalue weighted by atomic mass is 16.3. The summed E-state index contributed by atoms with van der Waals surface area (Å²) in [5.74, 6) is 0.422. The molecule has 1 aromatic rings. The van der Waals surface area contributed by atoms with Crippen LogP contribution in [0, 0.1) is 19.3 Å². The van der Waals surface area contributed by atoms with Crippen molar-refractivity contribution < 1.29 is 5.11 Å². The van der Waals surface area contributed by atoms with Crippen molar-refractivity contribution in [2.24, 2.45) is 5.41 Å². The first kappa shape index (κ1) is 12.3. The molecule has 1 unspecified atom stereocenters. The average Bonchev–Trinajstić information content (AvgIpc) is 2.59. The molecule has 1 fully saturated rings.